The van der Waals surface area contributed by atoms with Crippen LogP contribution >= 0.6 is 0 Å². The molecule has 6 heteroatoms. The predicted octanol–water partition coefficient (Wildman–Crippen LogP) is 13.3. The summed E-state index contributed by atoms with van der Waals surface area (Å²) in [6.07, 6.45) is 51.6. The van der Waals surface area contributed by atoms with Crippen LogP contribution in [0.2, 0.25) is 0 Å². The number of ether oxygens (including phenoxy) is 3. The van der Waals surface area contributed by atoms with Gasteiger partial charge < -0.3 is 14.2 Å². The maximum Gasteiger partial charge on any atom is 0.306 e. The Balaban J connectivity index is 4.58. The third-order valence-corrected chi connectivity index (χ3v) is 8.39. The topological polar surface area (TPSA) is 78.9 Å². The van der Waals surface area contributed by atoms with Crippen molar-refractivity contribution in [1.82, 2.24) is 0 Å². The van der Waals surface area contributed by atoms with Crippen LogP contribution in [0.15, 0.2) is 85.1 Å². The largest absolute Gasteiger partial charge is 0.462 e. The van der Waals surface area contributed by atoms with Gasteiger partial charge in [-0.3, -0.25) is 14.4 Å². The second-order valence-electron chi connectivity index (χ2n) is 13.5. The van der Waals surface area contributed by atoms with Crippen molar-refractivity contribution in [3.8, 4) is 0 Å². The van der Waals surface area contributed by atoms with Gasteiger partial charge in [0.05, 0.1) is 0 Å². The molecule has 0 fully saturated rings. The van der Waals surface area contributed by atoms with Gasteiger partial charge in [0.25, 0.3) is 0 Å². The summed E-state index contributed by atoms with van der Waals surface area (Å²) in [5.74, 6) is -1.09. The van der Waals surface area contributed by atoms with Gasteiger partial charge in [-0.25, -0.2) is 0 Å². The van der Waals surface area contributed by atoms with E-state index in [9.17, 15) is 14.4 Å². The van der Waals surface area contributed by atoms with Gasteiger partial charge in [-0.1, -0.05) is 157 Å². The first-order valence-corrected chi connectivity index (χ1v) is 21.1. The first-order chi connectivity index (χ1) is 26.0. The molecule has 1 atom stereocenters. The molecule has 0 aromatic carbocycles. The van der Waals surface area contributed by atoms with Gasteiger partial charge in [0.2, 0.25) is 0 Å². The molecule has 0 aliphatic rings. The fourth-order valence-electron chi connectivity index (χ4n) is 5.20. The van der Waals surface area contributed by atoms with E-state index in [1.165, 1.54) is 51.4 Å². The molecule has 0 aliphatic carbocycles. The Kier molecular flexibility index (Phi) is 38.7. The van der Waals surface area contributed by atoms with Crippen molar-refractivity contribution in [2.45, 2.75) is 181 Å². The first-order valence-electron chi connectivity index (χ1n) is 21.1. The highest BCUT2D eigenvalue weighted by Gasteiger charge is 2.19. The molecule has 0 spiro atoms. The van der Waals surface area contributed by atoms with Crippen LogP contribution in [0.25, 0.3) is 0 Å². The zero-order valence-corrected chi connectivity index (χ0v) is 34.0. The lowest BCUT2D eigenvalue weighted by molar-refractivity contribution is -0.166. The van der Waals surface area contributed by atoms with Crippen LogP contribution in [0, 0.1) is 0 Å². The van der Waals surface area contributed by atoms with E-state index in [4.69, 9.17) is 14.2 Å². The summed E-state index contributed by atoms with van der Waals surface area (Å²) in [6.45, 7) is 6.29. The zero-order chi connectivity index (χ0) is 38.7. The van der Waals surface area contributed by atoms with Gasteiger partial charge in [-0.05, 0) is 83.5 Å². The summed E-state index contributed by atoms with van der Waals surface area (Å²) in [5.41, 5.74) is 0. The molecule has 0 N–H and O–H groups in total. The SMILES string of the molecule is CC/C=C\C/C=C\C/C=C\CCCC(=O)OC(COC(=O)CC/C=C\C/C=C\CCCCCCCC)COC(=O)CCCCC/C=C\C=C/CCCC. The molecule has 0 heterocycles. The highest BCUT2D eigenvalue weighted by molar-refractivity contribution is 5.71. The number of hydrogen-bond acceptors (Lipinski definition) is 6. The van der Waals surface area contributed by atoms with Crippen LogP contribution < -0.4 is 0 Å². The van der Waals surface area contributed by atoms with Crippen LogP contribution in [0.3, 0.4) is 0 Å². The lowest BCUT2D eigenvalue weighted by Gasteiger charge is -2.18. The summed E-state index contributed by atoms with van der Waals surface area (Å²) in [4.78, 5) is 37.5. The highest BCUT2D eigenvalue weighted by Crippen LogP contribution is 2.10. The van der Waals surface area contributed by atoms with E-state index in [0.717, 1.165) is 70.6 Å². The number of carbonyl (C=O) groups excluding carboxylic acids is 3. The van der Waals surface area contributed by atoms with Gasteiger partial charge >= 0.3 is 17.9 Å². The molecule has 0 aromatic rings. The Morgan fingerprint density at radius 2 is 0.868 bits per heavy atom. The molecular weight excluding hydrogens is 661 g/mol. The Labute approximate surface area is 325 Å². The molecule has 0 aliphatic heterocycles. The molecule has 0 aromatic heterocycles. The van der Waals surface area contributed by atoms with Crippen molar-refractivity contribution in [1.29, 1.82) is 0 Å². The Bertz CT molecular complexity index is 1080. The van der Waals surface area contributed by atoms with Crippen LogP contribution in [0.5, 0.6) is 0 Å². The number of rotatable bonds is 36. The second kappa shape index (κ2) is 41.3. The van der Waals surface area contributed by atoms with Crippen molar-refractivity contribution < 1.29 is 28.6 Å². The van der Waals surface area contributed by atoms with Crippen LogP contribution in [-0.4, -0.2) is 37.2 Å². The molecule has 0 bridgehead atoms. The minimum atomic E-state index is -0.833. The molecular formula is C47H76O6. The van der Waals surface area contributed by atoms with E-state index in [1.807, 2.05) is 6.08 Å². The smallest absolute Gasteiger partial charge is 0.306 e. The van der Waals surface area contributed by atoms with E-state index in [2.05, 4.69) is 99.8 Å². The Hall–Kier alpha value is -3.41. The highest BCUT2D eigenvalue weighted by atomic mass is 16.6. The minimum Gasteiger partial charge on any atom is -0.462 e. The van der Waals surface area contributed by atoms with Crippen LogP contribution in [0.4, 0.5) is 0 Å². The summed E-state index contributed by atoms with van der Waals surface area (Å²) >= 11 is 0. The minimum absolute atomic E-state index is 0.129. The summed E-state index contributed by atoms with van der Waals surface area (Å²) < 4.78 is 16.5. The standard InChI is InChI=1S/C47H76O6/c1-4-7-10-13-16-19-22-23-26-28-31-34-37-40-46(49)52-43-44(53-47(50)41-38-35-32-29-25-21-18-15-12-9-6-3)42-51-45(48)39-36-33-30-27-24-20-17-14-11-8-5-2/h9,12,14,17-18,20-21,23-24,26,29,31-32,34,44H,4-8,10-11,13,15-16,19,22,25,27-28,30,33,35-43H2,1-3H3/b12-9-,17-14-,21-18-,24-20-,26-23-,32-29-,34-31-. The molecule has 300 valence electrons. The van der Waals surface area contributed by atoms with Gasteiger partial charge in [0.15, 0.2) is 6.10 Å². The van der Waals surface area contributed by atoms with E-state index >= 15 is 0 Å². The van der Waals surface area contributed by atoms with Crippen molar-refractivity contribution in [3.63, 3.8) is 0 Å². The molecule has 0 saturated heterocycles. The second-order valence-corrected chi connectivity index (χ2v) is 13.5. The number of hydrogen-bond donors (Lipinski definition) is 0. The summed E-state index contributed by atoms with van der Waals surface area (Å²) in [5, 5.41) is 0. The summed E-state index contributed by atoms with van der Waals surface area (Å²) in [6, 6.07) is 0. The quantitative estimate of drug-likeness (QED) is 0.0209. The van der Waals surface area contributed by atoms with Crippen molar-refractivity contribution in [2.24, 2.45) is 0 Å². The van der Waals surface area contributed by atoms with E-state index in [0.29, 0.717) is 19.3 Å². The zero-order valence-electron chi connectivity index (χ0n) is 34.0. The van der Waals surface area contributed by atoms with E-state index in [-0.39, 0.29) is 44.0 Å². The van der Waals surface area contributed by atoms with Gasteiger partial charge in [0.1, 0.15) is 13.2 Å². The average molecular weight is 737 g/mol. The molecule has 53 heavy (non-hydrogen) atoms. The van der Waals surface area contributed by atoms with E-state index in [1.54, 1.807) is 0 Å². The molecule has 0 rings (SSSR count). The normalized spacial score (nSPS) is 12.9. The van der Waals surface area contributed by atoms with Gasteiger partial charge in [-0.15, -0.1) is 0 Å². The van der Waals surface area contributed by atoms with Crippen molar-refractivity contribution in [2.75, 3.05) is 13.2 Å². The monoisotopic (exact) mass is 737 g/mol. The maximum absolute atomic E-state index is 12.6. The third-order valence-electron chi connectivity index (χ3n) is 8.39. The lowest BCUT2D eigenvalue weighted by atomic mass is 10.1. The Morgan fingerprint density at radius 3 is 1.49 bits per heavy atom. The number of allylic oxidation sites excluding steroid dienone is 14. The molecule has 0 saturated carbocycles. The molecule has 0 amide bonds. The fraction of sp³-hybridized carbons (Fsp3) is 0.638. The lowest BCUT2D eigenvalue weighted by Crippen LogP contribution is -2.30. The van der Waals surface area contributed by atoms with Crippen molar-refractivity contribution >= 4 is 17.9 Å². The van der Waals surface area contributed by atoms with Gasteiger partial charge in [0, 0.05) is 19.3 Å². The van der Waals surface area contributed by atoms with Crippen LogP contribution in [-0.2, 0) is 28.6 Å². The van der Waals surface area contributed by atoms with E-state index < -0.39 is 6.10 Å². The molecule has 0 radical (unpaired) electrons. The Morgan fingerprint density at radius 1 is 0.415 bits per heavy atom. The summed E-state index contributed by atoms with van der Waals surface area (Å²) in [7, 11) is 0. The number of esters is 3. The maximum atomic E-state index is 12.6. The molecule has 1 unspecified atom stereocenters. The fourth-order valence-corrected chi connectivity index (χ4v) is 5.20. The first kappa shape index (κ1) is 49.6. The third kappa shape index (κ3) is 39.6. The average Bonchev–Trinajstić information content (AvgIpc) is 3.15. The number of unbranched alkanes of at least 4 members (excludes halogenated alkanes) is 12. The van der Waals surface area contributed by atoms with Crippen LogP contribution in [0.1, 0.15) is 175 Å². The van der Waals surface area contributed by atoms with Crippen molar-refractivity contribution in [3.05, 3.63) is 85.1 Å². The van der Waals surface area contributed by atoms with Gasteiger partial charge in [-0.2, -0.15) is 0 Å². The number of carbonyl (C=O) groups is 3. The molecule has 6 nitrogen and oxygen atoms in total. The predicted molar refractivity (Wildman–Crippen MR) is 224 cm³/mol.